The molecule has 0 radical (unpaired) electrons. The molecule has 0 aliphatic rings. The highest BCUT2D eigenvalue weighted by molar-refractivity contribution is 9.10. The maximum absolute atomic E-state index is 11.9. The van der Waals surface area contributed by atoms with E-state index in [4.69, 9.17) is 4.74 Å². The van der Waals surface area contributed by atoms with Gasteiger partial charge in [0.1, 0.15) is 0 Å². The fourth-order valence-corrected chi connectivity index (χ4v) is 2.34. The number of hydrogen-bond donors (Lipinski definition) is 2. The zero-order chi connectivity index (χ0) is 16.2. The first kappa shape index (κ1) is 15.2. The summed E-state index contributed by atoms with van der Waals surface area (Å²) in [6.45, 7) is 0. The minimum atomic E-state index is -0.352. The van der Waals surface area contributed by atoms with Crippen molar-refractivity contribution < 1.29 is 4.74 Å². The second kappa shape index (κ2) is 6.57. The van der Waals surface area contributed by atoms with Gasteiger partial charge in [-0.25, -0.2) is 4.98 Å². The lowest BCUT2D eigenvalue weighted by Crippen LogP contribution is -1.96. The SMILES string of the molecule is COc1ccc(-c2[nH][nH]c(=O)c2N=Nc2cccc(Br)c2)cn1. The number of azo groups is 1. The van der Waals surface area contributed by atoms with Crippen LogP contribution >= 0.6 is 15.9 Å². The van der Waals surface area contributed by atoms with Crippen LogP contribution in [-0.4, -0.2) is 22.3 Å². The van der Waals surface area contributed by atoms with Gasteiger partial charge in [-0.05, 0) is 24.3 Å². The Morgan fingerprint density at radius 2 is 2.04 bits per heavy atom. The zero-order valence-electron chi connectivity index (χ0n) is 12.1. The number of pyridine rings is 1. The van der Waals surface area contributed by atoms with Crippen LogP contribution in [0.5, 0.6) is 5.88 Å². The summed E-state index contributed by atoms with van der Waals surface area (Å²) >= 11 is 3.36. The van der Waals surface area contributed by atoms with Gasteiger partial charge in [-0.3, -0.25) is 15.0 Å². The van der Waals surface area contributed by atoms with Crippen LogP contribution in [0.25, 0.3) is 11.3 Å². The highest BCUT2D eigenvalue weighted by atomic mass is 79.9. The summed E-state index contributed by atoms with van der Waals surface area (Å²) in [4.78, 5) is 16.0. The molecule has 0 aliphatic carbocycles. The fraction of sp³-hybridized carbons (Fsp3) is 0.0667. The van der Waals surface area contributed by atoms with Crippen LogP contribution in [0.15, 0.2) is 62.1 Å². The lowest BCUT2D eigenvalue weighted by atomic mass is 10.2. The zero-order valence-corrected chi connectivity index (χ0v) is 13.7. The smallest absolute Gasteiger partial charge is 0.292 e. The van der Waals surface area contributed by atoms with E-state index in [2.05, 4.69) is 41.3 Å². The Kier molecular flexibility index (Phi) is 4.33. The highest BCUT2D eigenvalue weighted by Gasteiger charge is 2.12. The Balaban J connectivity index is 1.96. The third-order valence-corrected chi connectivity index (χ3v) is 3.55. The number of methoxy groups -OCH3 is 1. The minimum Gasteiger partial charge on any atom is -0.481 e. The molecule has 7 nitrogen and oxygen atoms in total. The Morgan fingerprint density at radius 3 is 2.74 bits per heavy atom. The number of halogens is 1. The predicted octanol–water partition coefficient (Wildman–Crippen LogP) is 3.95. The Bertz CT molecular complexity index is 899. The summed E-state index contributed by atoms with van der Waals surface area (Å²) < 4.78 is 5.91. The maximum atomic E-state index is 11.9. The Labute approximate surface area is 139 Å². The first-order valence-corrected chi connectivity index (χ1v) is 7.45. The molecule has 3 aromatic rings. The first-order valence-electron chi connectivity index (χ1n) is 6.66. The Hall–Kier alpha value is -2.74. The average Bonchev–Trinajstić information content (AvgIpc) is 2.94. The molecule has 2 aromatic heterocycles. The number of nitrogens with zero attached hydrogens (tertiary/aromatic N) is 3. The number of ether oxygens (including phenoxy) is 1. The molecule has 8 heteroatoms. The van der Waals surface area contributed by atoms with Gasteiger partial charge in [-0.15, -0.1) is 5.11 Å². The predicted molar refractivity (Wildman–Crippen MR) is 89.5 cm³/mol. The van der Waals surface area contributed by atoms with Crippen molar-refractivity contribution in [1.82, 2.24) is 15.2 Å². The van der Waals surface area contributed by atoms with E-state index < -0.39 is 0 Å². The van der Waals surface area contributed by atoms with Crippen molar-refractivity contribution in [3.8, 4) is 17.1 Å². The largest absolute Gasteiger partial charge is 0.481 e. The van der Waals surface area contributed by atoms with Gasteiger partial charge in [0.05, 0.1) is 18.5 Å². The van der Waals surface area contributed by atoms with Crippen LogP contribution in [-0.2, 0) is 0 Å². The van der Waals surface area contributed by atoms with Crippen LogP contribution in [0.4, 0.5) is 11.4 Å². The minimum absolute atomic E-state index is 0.192. The quantitative estimate of drug-likeness (QED) is 0.677. The summed E-state index contributed by atoms with van der Waals surface area (Å²) in [7, 11) is 1.54. The molecule has 3 rings (SSSR count). The molecule has 2 N–H and O–H groups in total. The van der Waals surface area contributed by atoms with Gasteiger partial charge in [0.15, 0.2) is 5.69 Å². The monoisotopic (exact) mass is 373 g/mol. The number of hydrogen-bond acceptors (Lipinski definition) is 5. The first-order chi connectivity index (χ1) is 11.2. The normalized spacial score (nSPS) is 11.0. The fourth-order valence-electron chi connectivity index (χ4n) is 1.95. The molecule has 0 fully saturated rings. The number of aromatic nitrogens is 3. The molecule has 1 aromatic carbocycles. The molecule has 23 heavy (non-hydrogen) atoms. The van der Waals surface area contributed by atoms with Crippen molar-refractivity contribution in [1.29, 1.82) is 0 Å². The molecule has 0 bridgehead atoms. The van der Waals surface area contributed by atoms with Crippen LogP contribution < -0.4 is 10.3 Å². The van der Waals surface area contributed by atoms with E-state index in [-0.39, 0.29) is 11.2 Å². The number of aromatic amines is 2. The third-order valence-electron chi connectivity index (χ3n) is 3.06. The van der Waals surface area contributed by atoms with Crippen LogP contribution in [0.3, 0.4) is 0 Å². The van der Waals surface area contributed by atoms with Gasteiger partial charge < -0.3 is 4.74 Å². The van der Waals surface area contributed by atoms with Gasteiger partial charge in [0.2, 0.25) is 5.88 Å². The van der Waals surface area contributed by atoms with E-state index in [1.165, 1.54) is 7.11 Å². The molecular formula is C15H12BrN5O2. The number of rotatable bonds is 4. The van der Waals surface area contributed by atoms with Gasteiger partial charge in [0.25, 0.3) is 5.56 Å². The van der Waals surface area contributed by atoms with E-state index in [1.54, 1.807) is 30.5 Å². The van der Waals surface area contributed by atoms with E-state index >= 15 is 0 Å². The second-order valence-electron chi connectivity index (χ2n) is 4.57. The topological polar surface area (TPSA) is 95.5 Å². The third kappa shape index (κ3) is 3.37. The summed E-state index contributed by atoms with van der Waals surface area (Å²) in [5.41, 5.74) is 1.70. The Morgan fingerprint density at radius 1 is 1.17 bits per heavy atom. The molecule has 0 atom stereocenters. The van der Waals surface area contributed by atoms with Crippen molar-refractivity contribution in [2.45, 2.75) is 0 Å². The van der Waals surface area contributed by atoms with Crippen molar-refractivity contribution >= 4 is 27.3 Å². The van der Waals surface area contributed by atoms with Crippen molar-refractivity contribution in [2.75, 3.05) is 7.11 Å². The summed E-state index contributed by atoms with van der Waals surface area (Å²) in [6.07, 6.45) is 1.59. The number of benzene rings is 1. The second-order valence-corrected chi connectivity index (χ2v) is 5.49. The molecular weight excluding hydrogens is 362 g/mol. The van der Waals surface area contributed by atoms with Gasteiger partial charge in [-0.1, -0.05) is 22.0 Å². The van der Waals surface area contributed by atoms with Crippen LogP contribution in [0.1, 0.15) is 0 Å². The molecule has 116 valence electrons. The number of nitrogens with one attached hydrogen (secondary N) is 2. The number of H-pyrrole nitrogens is 2. The maximum Gasteiger partial charge on any atom is 0.292 e. The van der Waals surface area contributed by atoms with Gasteiger partial charge >= 0.3 is 0 Å². The lowest BCUT2D eigenvalue weighted by Gasteiger charge is -2.01. The summed E-state index contributed by atoms with van der Waals surface area (Å²) in [6, 6.07) is 10.8. The summed E-state index contributed by atoms with van der Waals surface area (Å²) in [5, 5.41) is 13.5. The molecule has 0 aliphatic heterocycles. The van der Waals surface area contributed by atoms with Crippen molar-refractivity contribution in [3.05, 3.63) is 57.4 Å². The van der Waals surface area contributed by atoms with Gasteiger partial charge in [-0.2, -0.15) is 5.11 Å². The van der Waals surface area contributed by atoms with Crippen LogP contribution in [0, 0.1) is 0 Å². The molecule has 2 heterocycles. The van der Waals surface area contributed by atoms with Crippen molar-refractivity contribution in [3.63, 3.8) is 0 Å². The van der Waals surface area contributed by atoms with E-state index in [0.717, 1.165) is 4.47 Å². The molecule has 0 saturated carbocycles. The average molecular weight is 374 g/mol. The van der Waals surface area contributed by atoms with E-state index in [0.29, 0.717) is 22.8 Å². The molecule has 0 saturated heterocycles. The molecule has 0 unspecified atom stereocenters. The molecule has 0 amide bonds. The standard InChI is InChI=1S/C15H12BrN5O2/c1-23-12-6-5-9(8-17-12)13-14(15(22)21-19-13)20-18-11-4-2-3-10(16)7-11/h2-8H,1H3,(H2,19,21,22). The molecule has 0 spiro atoms. The van der Waals surface area contributed by atoms with Crippen molar-refractivity contribution in [2.24, 2.45) is 10.2 Å². The van der Waals surface area contributed by atoms with E-state index in [1.807, 2.05) is 12.1 Å². The summed E-state index contributed by atoms with van der Waals surface area (Å²) in [5.74, 6) is 0.490. The lowest BCUT2D eigenvalue weighted by molar-refractivity contribution is 0.398. The van der Waals surface area contributed by atoms with E-state index in [9.17, 15) is 4.79 Å². The highest BCUT2D eigenvalue weighted by Crippen LogP contribution is 2.27. The van der Waals surface area contributed by atoms with Gasteiger partial charge in [0, 0.05) is 22.3 Å². The van der Waals surface area contributed by atoms with Crippen LogP contribution in [0.2, 0.25) is 0 Å².